The van der Waals surface area contributed by atoms with Crippen molar-refractivity contribution in [1.29, 1.82) is 0 Å². The van der Waals surface area contributed by atoms with Crippen molar-refractivity contribution in [1.82, 2.24) is 5.32 Å². The summed E-state index contributed by atoms with van der Waals surface area (Å²) >= 11 is 0. The summed E-state index contributed by atoms with van der Waals surface area (Å²) < 4.78 is 5.05. The second kappa shape index (κ2) is 7.50. The first-order valence-corrected chi connectivity index (χ1v) is 3.77. The molecule has 0 spiro atoms. The highest BCUT2D eigenvalue weighted by atomic mass is 16.5. The van der Waals surface area contributed by atoms with Crippen LogP contribution in [-0.2, 0) is 9.53 Å². The van der Waals surface area contributed by atoms with Crippen molar-refractivity contribution in [2.75, 3.05) is 19.9 Å². The Balaban J connectivity index is 2.85. The van der Waals surface area contributed by atoms with Crippen LogP contribution in [0.2, 0.25) is 0 Å². The Hall–Kier alpha value is -0.610. The summed E-state index contributed by atoms with van der Waals surface area (Å²) in [4.78, 5) is 9.97. The third-order valence-electron chi connectivity index (χ3n) is 1.12. The molecule has 66 valence electrons. The van der Waals surface area contributed by atoms with Gasteiger partial charge < -0.3 is 9.84 Å². The Kier molecular flexibility index (Phi) is 7.08. The molecule has 0 rings (SSSR count). The van der Waals surface area contributed by atoms with E-state index in [2.05, 4.69) is 12.2 Å². The first-order valence-electron chi connectivity index (χ1n) is 3.77. The molecule has 4 nitrogen and oxygen atoms in total. The predicted molar refractivity (Wildman–Crippen MR) is 41.4 cm³/mol. The van der Waals surface area contributed by atoms with E-state index in [0.717, 1.165) is 12.8 Å². The van der Waals surface area contributed by atoms with Gasteiger partial charge in [0.25, 0.3) is 0 Å². The van der Waals surface area contributed by atoms with Gasteiger partial charge in [0.2, 0.25) is 0 Å². The lowest BCUT2D eigenvalue weighted by atomic mass is 10.4. The number of hydrogen-bond donors (Lipinski definition) is 2. The highest BCUT2D eigenvalue weighted by molar-refractivity contribution is 5.68. The molecule has 0 atom stereocenters. The lowest BCUT2D eigenvalue weighted by molar-refractivity contribution is -0.136. The fraction of sp³-hybridized carbons (Fsp3) is 0.857. The van der Waals surface area contributed by atoms with Crippen molar-refractivity contribution in [3.63, 3.8) is 0 Å². The van der Waals surface area contributed by atoms with Crippen molar-refractivity contribution < 1.29 is 14.6 Å². The van der Waals surface area contributed by atoms with E-state index in [1.165, 1.54) is 0 Å². The van der Waals surface area contributed by atoms with E-state index in [4.69, 9.17) is 9.84 Å². The zero-order valence-electron chi connectivity index (χ0n) is 6.80. The molecule has 0 radical (unpaired) electrons. The summed E-state index contributed by atoms with van der Waals surface area (Å²) in [7, 11) is 0. The third-order valence-corrected chi connectivity index (χ3v) is 1.12. The molecule has 4 heteroatoms. The van der Waals surface area contributed by atoms with Gasteiger partial charge in [-0.2, -0.15) is 0 Å². The van der Waals surface area contributed by atoms with Crippen LogP contribution in [0.1, 0.15) is 19.8 Å². The number of carboxylic acids is 1. The van der Waals surface area contributed by atoms with Gasteiger partial charge in [-0.1, -0.05) is 13.3 Å². The molecule has 0 saturated heterocycles. The van der Waals surface area contributed by atoms with Crippen LogP contribution in [0, 0.1) is 0 Å². The van der Waals surface area contributed by atoms with Gasteiger partial charge in [-0.15, -0.1) is 0 Å². The Morgan fingerprint density at radius 3 is 2.91 bits per heavy atom. The van der Waals surface area contributed by atoms with Crippen LogP contribution in [-0.4, -0.2) is 31.0 Å². The van der Waals surface area contributed by atoms with Crippen LogP contribution >= 0.6 is 0 Å². The SMILES string of the molecule is CCCCOCNCC(=O)O. The van der Waals surface area contributed by atoms with E-state index < -0.39 is 5.97 Å². The lowest BCUT2D eigenvalue weighted by Gasteiger charge is -2.02. The molecule has 0 unspecified atom stereocenters. The normalized spacial score (nSPS) is 9.91. The molecule has 0 aliphatic heterocycles. The number of ether oxygens (including phenoxy) is 1. The second-order valence-corrected chi connectivity index (χ2v) is 2.23. The Labute approximate surface area is 66.5 Å². The second-order valence-electron chi connectivity index (χ2n) is 2.23. The van der Waals surface area contributed by atoms with E-state index in [9.17, 15) is 4.79 Å². The topological polar surface area (TPSA) is 58.6 Å². The molecule has 0 aromatic heterocycles. The molecule has 0 amide bonds. The van der Waals surface area contributed by atoms with Gasteiger partial charge in [-0.25, -0.2) is 0 Å². The highest BCUT2D eigenvalue weighted by Crippen LogP contribution is 1.85. The van der Waals surface area contributed by atoms with Gasteiger partial charge >= 0.3 is 5.97 Å². The summed E-state index contributed by atoms with van der Waals surface area (Å²) in [5, 5.41) is 10.8. The van der Waals surface area contributed by atoms with Gasteiger partial charge in [-0.3, -0.25) is 10.1 Å². The van der Waals surface area contributed by atoms with Crippen LogP contribution in [0.4, 0.5) is 0 Å². The molecule has 0 aliphatic rings. The van der Waals surface area contributed by atoms with E-state index in [1.807, 2.05) is 0 Å². The minimum absolute atomic E-state index is 0.0356. The van der Waals surface area contributed by atoms with Crippen molar-refractivity contribution in [2.24, 2.45) is 0 Å². The van der Waals surface area contributed by atoms with E-state index >= 15 is 0 Å². The molecule has 2 N–H and O–H groups in total. The van der Waals surface area contributed by atoms with Crippen LogP contribution in [0.3, 0.4) is 0 Å². The zero-order valence-corrected chi connectivity index (χ0v) is 6.80. The molecule has 0 fully saturated rings. The lowest BCUT2D eigenvalue weighted by Crippen LogP contribution is -2.25. The number of carboxylic acid groups (broad SMARTS) is 1. The monoisotopic (exact) mass is 161 g/mol. The summed E-state index contributed by atoms with van der Waals surface area (Å²) in [5.41, 5.74) is 0. The fourth-order valence-corrected chi connectivity index (χ4v) is 0.549. The average Bonchev–Trinajstić information content (AvgIpc) is 1.96. The molecule has 0 aromatic rings. The number of aliphatic carboxylic acids is 1. The molecule has 0 heterocycles. The molecule has 0 aromatic carbocycles. The van der Waals surface area contributed by atoms with Gasteiger partial charge in [0, 0.05) is 6.61 Å². The number of unbranched alkanes of at least 4 members (excludes halogenated alkanes) is 1. The minimum Gasteiger partial charge on any atom is -0.480 e. The molecule has 0 bridgehead atoms. The summed E-state index contributed by atoms with van der Waals surface area (Å²) in [5.74, 6) is -0.857. The van der Waals surface area contributed by atoms with Crippen molar-refractivity contribution in [3.8, 4) is 0 Å². The largest absolute Gasteiger partial charge is 0.480 e. The maximum Gasteiger partial charge on any atom is 0.317 e. The maximum absolute atomic E-state index is 9.97. The van der Waals surface area contributed by atoms with Crippen LogP contribution < -0.4 is 5.32 Å². The number of hydrogen-bond acceptors (Lipinski definition) is 3. The van der Waals surface area contributed by atoms with E-state index in [0.29, 0.717) is 13.3 Å². The quantitative estimate of drug-likeness (QED) is 0.420. The number of rotatable bonds is 7. The van der Waals surface area contributed by atoms with Crippen molar-refractivity contribution in [3.05, 3.63) is 0 Å². The molecule has 11 heavy (non-hydrogen) atoms. The Morgan fingerprint density at radius 2 is 2.36 bits per heavy atom. The zero-order chi connectivity index (χ0) is 8.53. The Bertz CT molecular complexity index is 106. The summed E-state index contributed by atoms with van der Waals surface area (Å²) in [6, 6.07) is 0. The molecule has 0 aliphatic carbocycles. The highest BCUT2D eigenvalue weighted by Gasteiger charge is 1.93. The number of carbonyl (C=O) groups is 1. The van der Waals surface area contributed by atoms with Crippen LogP contribution in [0.25, 0.3) is 0 Å². The summed E-state index contributed by atoms with van der Waals surface area (Å²) in [6.07, 6.45) is 2.12. The van der Waals surface area contributed by atoms with Crippen LogP contribution in [0.15, 0.2) is 0 Å². The summed E-state index contributed by atoms with van der Waals surface area (Å²) in [6.45, 7) is 3.07. The van der Waals surface area contributed by atoms with Gasteiger partial charge in [0.1, 0.15) is 0 Å². The minimum atomic E-state index is -0.857. The van der Waals surface area contributed by atoms with Crippen molar-refractivity contribution in [2.45, 2.75) is 19.8 Å². The molecular formula is C7H15NO3. The smallest absolute Gasteiger partial charge is 0.317 e. The van der Waals surface area contributed by atoms with E-state index in [1.54, 1.807) is 0 Å². The third kappa shape index (κ3) is 9.39. The molecular weight excluding hydrogens is 146 g/mol. The van der Waals surface area contributed by atoms with Gasteiger partial charge in [0.05, 0.1) is 13.3 Å². The standard InChI is InChI=1S/C7H15NO3/c1-2-3-4-11-6-8-5-7(9)10/h8H,2-6H2,1H3,(H,9,10). The van der Waals surface area contributed by atoms with Crippen LogP contribution in [0.5, 0.6) is 0 Å². The average molecular weight is 161 g/mol. The first kappa shape index (κ1) is 10.4. The van der Waals surface area contributed by atoms with E-state index in [-0.39, 0.29) is 6.54 Å². The fourth-order valence-electron chi connectivity index (χ4n) is 0.549. The predicted octanol–water partition coefficient (Wildman–Crippen LogP) is 0.435. The van der Waals surface area contributed by atoms with Gasteiger partial charge in [0.15, 0.2) is 0 Å². The first-order chi connectivity index (χ1) is 5.27. The van der Waals surface area contributed by atoms with Gasteiger partial charge in [-0.05, 0) is 6.42 Å². The number of nitrogens with one attached hydrogen (secondary N) is 1. The molecule has 0 saturated carbocycles. The maximum atomic E-state index is 9.97. The van der Waals surface area contributed by atoms with Crippen molar-refractivity contribution >= 4 is 5.97 Å². The Morgan fingerprint density at radius 1 is 1.64 bits per heavy atom.